The smallest absolute Gasteiger partial charge is 0.339 e. The van der Waals surface area contributed by atoms with Crippen LogP contribution in [0.25, 0.3) is 0 Å². The van der Waals surface area contributed by atoms with Gasteiger partial charge in [-0.3, -0.25) is 0 Å². The predicted molar refractivity (Wildman–Crippen MR) is 77.5 cm³/mol. The van der Waals surface area contributed by atoms with Crippen LogP contribution in [0.2, 0.25) is 0 Å². The van der Waals surface area contributed by atoms with Gasteiger partial charge >= 0.3 is 12.0 Å². The first-order chi connectivity index (χ1) is 9.58. The van der Waals surface area contributed by atoms with Crippen molar-refractivity contribution in [2.45, 2.75) is 6.42 Å². The summed E-state index contributed by atoms with van der Waals surface area (Å²) in [6, 6.07) is 3.75. The molecule has 1 atom stereocenters. The van der Waals surface area contributed by atoms with Crippen LogP contribution in [0.15, 0.2) is 18.2 Å². The van der Waals surface area contributed by atoms with Crippen molar-refractivity contribution in [1.82, 2.24) is 5.32 Å². The number of rotatable bonds is 4. The summed E-state index contributed by atoms with van der Waals surface area (Å²) in [5, 5.41) is 23.8. The molecule has 1 fully saturated rings. The first kappa shape index (κ1) is 14.5. The summed E-state index contributed by atoms with van der Waals surface area (Å²) in [4.78, 5) is 22.6. The second kappa shape index (κ2) is 6.51. The third kappa shape index (κ3) is 3.57. The number of amides is 2. The summed E-state index contributed by atoms with van der Waals surface area (Å²) in [7, 11) is 0. The van der Waals surface area contributed by atoms with Crippen molar-refractivity contribution in [1.29, 1.82) is 0 Å². The third-order valence-corrected chi connectivity index (χ3v) is 4.32. The van der Waals surface area contributed by atoms with Crippen molar-refractivity contribution < 1.29 is 19.8 Å². The van der Waals surface area contributed by atoms with Gasteiger partial charge in [0.25, 0.3) is 0 Å². The largest absolute Gasteiger partial charge is 0.505 e. The van der Waals surface area contributed by atoms with E-state index in [0.29, 0.717) is 12.5 Å². The Hall–Kier alpha value is -1.89. The highest BCUT2D eigenvalue weighted by Gasteiger charge is 2.17. The Morgan fingerprint density at radius 1 is 1.40 bits per heavy atom. The molecule has 0 bridgehead atoms. The molecule has 108 valence electrons. The number of thioether (sulfide) groups is 1. The predicted octanol–water partition coefficient (Wildman–Crippen LogP) is 1.96. The molecule has 1 unspecified atom stereocenters. The maximum atomic E-state index is 11.7. The van der Waals surface area contributed by atoms with Gasteiger partial charge in [-0.25, -0.2) is 9.59 Å². The summed E-state index contributed by atoms with van der Waals surface area (Å²) in [6.45, 7) is 0.582. The van der Waals surface area contributed by atoms with Crippen LogP contribution in [0.4, 0.5) is 10.5 Å². The minimum Gasteiger partial charge on any atom is -0.505 e. The van der Waals surface area contributed by atoms with Crippen LogP contribution < -0.4 is 10.6 Å². The maximum Gasteiger partial charge on any atom is 0.339 e. The van der Waals surface area contributed by atoms with E-state index < -0.39 is 17.7 Å². The van der Waals surface area contributed by atoms with E-state index in [1.54, 1.807) is 0 Å². The molecule has 1 heterocycles. The molecule has 2 rings (SSSR count). The molecule has 0 aliphatic carbocycles. The number of aromatic hydroxyl groups is 1. The highest BCUT2D eigenvalue weighted by Crippen LogP contribution is 2.27. The number of hydrogen-bond acceptors (Lipinski definition) is 4. The van der Waals surface area contributed by atoms with Gasteiger partial charge in [-0.15, -0.1) is 0 Å². The highest BCUT2D eigenvalue weighted by molar-refractivity contribution is 7.99. The monoisotopic (exact) mass is 296 g/mol. The van der Waals surface area contributed by atoms with Crippen LogP contribution in [0, 0.1) is 5.92 Å². The van der Waals surface area contributed by atoms with Crippen LogP contribution in [0.1, 0.15) is 16.8 Å². The maximum absolute atomic E-state index is 11.7. The zero-order valence-electron chi connectivity index (χ0n) is 10.8. The molecule has 0 spiro atoms. The molecule has 20 heavy (non-hydrogen) atoms. The summed E-state index contributed by atoms with van der Waals surface area (Å²) in [6.07, 6.45) is 1.09. The Balaban J connectivity index is 1.93. The SMILES string of the molecule is O=C(NCC1CCSC1)Nc1cccc(C(=O)O)c1O. The molecule has 1 aromatic rings. The fraction of sp³-hybridized carbons (Fsp3) is 0.385. The lowest BCUT2D eigenvalue weighted by molar-refractivity contribution is 0.0694. The summed E-state index contributed by atoms with van der Waals surface area (Å²) >= 11 is 1.87. The first-order valence-corrected chi connectivity index (χ1v) is 7.41. The molecule has 7 heteroatoms. The van der Waals surface area contributed by atoms with E-state index in [1.807, 2.05) is 11.8 Å². The van der Waals surface area contributed by atoms with Gasteiger partial charge in [-0.2, -0.15) is 11.8 Å². The van der Waals surface area contributed by atoms with Crippen LogP contribution in [-0.4, -0.2) is 40.3 Å². The van der Waals surface area contributed by atoms with Gasteiger partial charge < -0.3 is 20.8 Å². The van der Waals surface area contributed by atoms with Crippen molar-refractivity contribution in [3.8, 4) is 5.75 Å². The zero-order valence-corrected chi connectivity index (χ0v) is 11.6. The molecular weight excluding hydrogens is 280 g/mol. The van der Waals surface area contributed by atoms with Crippen LogP contribution in [0.5, 0.6) is 5.75 Å². The summed E-state index contributed by atoms with van der Waals surface area (Å²) < 4.78 is 0. The molecule has 1 aromatic carbocycles. The van der Waals surface area contributed by atoms with Crippen molar-refractivity contribution >= 4 is 29.4 Å². The summed E-state index contributed by atoms with van der Waals surface area (Å²) in [5.41, 5.74) is -0.154. The molecule has 0 saturated carbocycles. The van der Waals surface area contributed by atoms with Crippen molar-refractivity contribution in [2.75, 3.05) is 23.4 Å². The van der Waals surface area contributed by atoms with Crippen molar-refractivity contribution in [3.63, 3.8) is 0 Å². The van der Waals surface area contributed by atoms with Crippen LogP contribution >= 0.6 is 11.8 Å². The average Bonchev–Trinajstić information content (AvgIpc) is 2.91. The number of nitrogens with one attached hydrogen (secondary N) is 2. The topological polar surface area (TPSA) is 98.7 Å². The molecular formula is C13H16N2O4S. The van der Waals surface area contributed by atoms with Gasteiger partial charge in [0, 0.05) is 6.54 Å². The summed E-state index contributed by atoms with van der Waals surface area (Å²) in [5.74, 6) is 0.959. The van der Waals surface area contributed by atoms with E-state index in [-0.39, 0.29) is 11.3 Å². The van der Waals surface area contributed by atoms with E-state index in [9.17, 15) is 14.7 Å². The van der Waals surface area contributed by atoms with Crippen LogP contribution in [-0.2, 0) is 0 Å². The second-order valence-electron chi connectivity index (χ2n) is 4.57. The number of carbonyl (C=O) groups is 2. The zero-order chi connectivity index (χ0) is 14.5. The number of para-hydroxylation sites is 1. The van der Waals surface area contributed by atoms with E-state index in [1.165, 1.54) is 18.2 Å². The molecule has 1 aliphatic heterocycles. The van der Waals surface area contributed by atoms with E-state index in [0.717, 1.165) is 17.9 Å². The van der Waals surface area contributed by atoms with Gasteiger partial charge in [-0.05, 0) is 36.0 Å². The van der Waals surface area contributed by atoms with E-state index in [4.69, 9.17) is 5.11 Å². The number of hydrogen-bond donors (Lipinski definition) is 4. The molecule has 0 aromatic heterocycles. The van der Waals surface area contributed by atoms with Crippen molar-refractivity contribution in [3.05, 3.63) is 23.8 Å². The van der Waals surface area contributed by atoms with Gasteiger partial charge in [0.2, 0.25) is 0 Å². The Morgan fingerprint density at radius 2 is 2.20 bits per heavy atom. The lowest BCUT2D eigenvalue weighted by Crippen LogP contribution is -2.33. The number of phenols is 1. The third-order valence-electron chi connectivity index (χ3n) is 3.09. The van der Waals surface area contributed by atoms with Gasteiger partial charge in [-0.1, -0.05) is 6.07 Å². The number of anilines is 1. The minimum atomic E-state index is -1.24. The highest BCUT2D eigenvalue weighted by atomic mass is 32.2. The molecule has 2 amide bonds. The Morgan fingerprint density at radius 3 is 2.85 bits per heavy atom. The van der Waals surface area contributed by atoms with E-state index in [2.05, 4.69) is 10.6 Å². The van der Waals surface area contributed by atoms with E-state index >= 15 is 0 Å². The van der Waals surface area contributed by atoms with Crippen LogP contribution in [0.3, 0.4) is 0 Å². The average molecular weight is 296 g/mol. The molecule has 1 aliphatic rings. The normalized spacial score (nSPS) is 17.7. The fourth-order valence-corrected chi connectivity index (χ4v) is 3.25. The number of carbonyl (C=O) groups excluding carboxylic acids is 1. The Labute approximate surface area is 120 Å². The number of aromatic carboxylic acids is 1. The van der Waals surface area contributed by atoms with Gasteiger partial charge in [0.1, 0.15) is 5.56 Å². The molecule has 0 radical (unpaired) electrons. The number of urea groups is 1. The Bertz CT molecular complexity index is 515. The number of carboxylic acid groups (broad SMARTS) is 1. The standard InChI is InChI=1S/C13H16N2O4S/c16-11-9(12(17)18)2-1-3-10(11)15-13(19)14-6-8-4-5-20-7-8/h1-3,8,16H,4-7H2,(H,17,18)(H2,14,15,19). The molecule has 1 saturated heterocycles. The first-order valence-electron chi connectivity index (χ1n) is 6.26. The quantitative estimate of drug-likeness (QED) is 0.637. The minimum absolute atomic E-state index is 0.0863. The fourth-order valence-electron chi connectivity index (χ4n) is 1.96. The van der Waals surface area contributed by atoms with Gasteiger partial charge in [0.15, 0.2) is 5.75 Å². The van der Waals surface area contributed by atoms with Crippen molar-refractivity contribution in [2.24, 2.45) is 5.92 Å². The Kier molecular flexibility index (Phi) is 4.73. The molecule has 6 nitrogen and oxygen atoms in total. The lowest BCUT2D eigenvalue weighted by atomic mass is 10.1. The van der Waals surface area contributed by atoms with Gasteiger partial charge in [0.05, 0.1) is 5.69 Å². The second-order valence-corrected chi connectivity index (χ2v) is 5.72. The molecule has 4 N–H and O–H groups in total. The lowest BCUT2D eigenvalue weighted by Gasteiger charge is -2.12. The number of carboxylic acids is 1. The number of benzene rings is 1.